The molecule has 1 atom stereocenters. The number of likely N-dealkylation sites (N-methyl/N-ethyl adjacent to an activating group) is 1. The van der Waals surface area contributed by atoms with Gasteiger partial charge in [-0.15, -0.1) is 0 Å². The topological polar surface area (TPSA) is 63.8 Å². The SMILES string of the molecule is CCC1=NOC(CN(C)Cc2nc(-c3ccccc3)no2)C1. The van der Waals surface area contributed by atoms with Crippen LogP contribution in [-0.2, 0) is 11.4 Å². The van der Waals surface area contributed by atoms with Crippen molar-refractivity contribution in [2.24, 2.45) is 5.16 Å². The first-order chi connectivity index (χ1) is 10.7. The van der Waals surface area contributed by atoms with E-state index in [1.54, 1.807) is 0 Å². The Morgan fingerprint density at radius 2 is 2.09 bits per heavy atom. The molecule has 0 aliphatic carbocycles. The molecule has 0 N–H and O–H groups in total. The number of aromatic nitrogens is 2. The molecule has 1 unspecified atom stereocenters. The van der Waals surface area contributed by atoms with Gasteiger partial charge in [-0.05, 0) is 13.5 Å². The minimum absolute atomic E-state index is 0.122. The predicted octanol–water partition coefficient (Wildman–Crippen LogP) is 2.72. The van der Waals surface area contributed by atoms with Crippen molar-refractivity contribution in [3.8, 4) is 11.4 Å². The lowest BCUT2D eigenvalue weighted by atomic mass is 10.1. The maximum absolute atomic E-state index is 5.42. The van der Waals surface area contributed by atoms with Crippen molar-refractivity contribution in [2.75, 3.05) is 13.6 Å². The second-order valence-electron chi connectivity index (χ2n) is 5.52. The van der Waals surface area contributed by atoms with Gasteiger partial charge in [-0.1, -0.05) is 47.6 Å². The smallest absolute Gasteiger partial charge is 0.241 e. The van der Waals surface area contributed by atoms with Crippen LogP contribution in [0.25, 0.3) is 11.4 Å². The summed E-state index contributed by atoms with van der Waals surface area (Å²) in [5.41, 5.74) is 2.09. The van der Waals surface area contributed by atoms with Crippen LogP contribution in [0.2, 0.25) is 0 Å². The van der Waals surface area contributed by atoms with Crippen LogP contribution in [0, 0.1) is 0 Å². The summed E-state index contributed by atoms with van der Waals surface area (Å²) >= 11 is 0. The van der Waals surface area contributed by atoms with E-state index in [1.807, 2.05) is 37.4 Å². The van der Waals surface area contributed by atoms with Crippen LogP contribution in [0.3, 0.4) is 0 Å². The highest BCUT2D eigenvalue weighted by Crippen LogP contribution is 2.17. The molecular formula is C16H20N4O2. The van der Waals surface area contributed by atoms with E-state index in [1.165, 1.54) is 0 Å². The Bertz CT molecular complexity index is 639. The normalized spacial score (nSPS) is 17.6. The summed E-state index contributed by atoms with van der Waals surface area (Å²) in [5.74, 6) is 1.23. The van der Waals surface area contributed by atoms with E-state index in [4.69, 9.17) is 9.36 Å². The number of oxime groups is 1. The predicted molar refractivity (Wildman–Crippen MR) is 83.3 cm³/mol. The molecule has 2 heterocycles. The Balaban J connectivity index is 1.54. The molecule has 116 valence electrons. The Kier molecular flexibility index (Phi) is 4.48. The van der Waals surface area contributed by atoms with Gasteiger partial charge in [0.1, 0.15) is 6.10 Å². The van der Waals surface area contributed by atoms with Crippen LogP contribution in [-0.4, -0.2) is 40.4 Å². The van der Waals surface area contributed by atoms with Crippen LogP contribution in [0.5, 0.6) is 0 Å². The fraction of sp³-hybridized carbons (Fsp3) is 0.438. The number of rotatable bonds is 6. The third kappa shape index (κ3) is 3.51. The van der Waals surface area contributed by atoms with Gasteiger partial charge in [0.05, 0.1) is 12.3 Å². The molecule has 1 aromatic heterocycles. The second kappa shape index (κ2) is 6.70. The van der Waals surface area contributed by atoms with E-state index in [-0.39, 0.29) is 6.10 Å². The first-order valence-corrected chi connectivity index (χ1v) is 7.52. The number of benzene rings is 1. The molecule has 6 heteroatoms. The standard InChI is InChI=1S/C16H20N4O2/c1-3-13-9-14(21-18-13)10-20(2)11-15-17-16(19-22-15)12-7-5-4-6-8-12/h4-8,14H,3,9-11H2,1-2H3. The summed E-state index contributed by atoms with van der Waals surface area (Å²) < 4.78 is 5.32. The molecule has 0 fully saturated rings. The second-order valence-corrected chi connectivity index (χ2v) is 5.52. The summed E-state index contributed by atoms with van der Waals surface area (Å²) in [5, 5.41) is 8.11. The van der Waals surface area contributed by atoms with Crippen molar-refractivity contribution >= 4 is 5.71 Å². The van der Waals surface area contributed by atoms with Gasteiger partial charge < -0.3 is 9.36 Å². The van der Waals surface area contributed by atoms with E-state index < -0.39 is 0 Å². The van der Waals surface area contributed by atoms with Crippen LogP contribution < -0.4 is 0 Å². The summed E-state index contributed by atoms with van der Waals surface area (Å²) in [4.78, 5) is 12.0. The average Bonchev–Trinajstić information content (AvgIpc) is 3.17. The molecule has 3 rings (SSSR count). The van der Waals surface area contributed by atoms with E-state index in [9.17, 15) is 0 Å². The average molecular weight is 300 g/mol. The molecule has 1 aromatic carbocycles. The van der Waals surface area contributed by atoms with Crippen molar-refractivity contribution in [3.05, 3.63) is 36.2 Å². The highest BCUT2D eigenvalue weighted by molar-refractivity contribution is 5.85. The van der Waals surface area contributed by atoms with Crippen LogP contribution >= 0.6 is 0 Å². The summed E-state index contributed by atoms with van der Waals surface area (Å²) in [6.07, 6.45) is 1.97. The molecule has 22 heavy (non-hydrogen) atoms. The molecule has 0 spiro atoms. The van der Waals surface area contributed by atoms with Crippen molar-refractivity contribution < 1.29 is 9.36 Å². The molecule has 1 aliphatic heterocycles. The van der Waals surface area contributed by atoms with Crippen LogP contribution in [0.4, 0.5) is 0 Å². The molecule has 0 saturated heterocycles. The first-order valence-electron chi connectivity index (χ1n) is 7.52. The van der Waals surface area contributed by atoms with E-state index in [0.717, 1.165) is 30.7 Å². The number of hydrogen-bond acceptors (Lipinski definition) is 6. The molecule has 1 aliphatic rings. The zero-order chi connectivity index (χ0) is 15.4. The lowest BCUT2D eigenvalue weighted by Crippen LogP contribution is -2.29. The Morgan fingerprint density at radius 3 is 2.82 bits per heavy atom. The maximum atomic E-state index is 5.42. The Morgan fingerprint density at radius 1 is 1.27 bits per heavy atom. The minimum atomic E-state index is 0.122. The highest BCUT2D eigenvalue weighted by atomic mass is 16.6. The first kappa shape index (κ1) is 14.7. The molecule has 2 aromatic rings. The molecule has 0 saturated carbocycles. The van der Waals surface area contributed by atoms with Gasteiger partial charge in [-0.3, -0.25) is 4.90 Å². The molecular weight excluding hydrogens is 280 g/mol. The summed E-state index contributed by atoms with van der Waals surface area (Å²) in [7, 11) is 2.01. The van der Waals surface area contributed by atoms with E-state index in [2.05, 4.69) is 27.1 Å². The lowest BCUT2D eigenvalue weighted by molar-refractivity contribution is 0.0553. The van der Waals surface area contributed by atoms with E-state index >= 15 is 0 Å². The zero-order valence-corrected chi connectivity index (χ0v) is 12.9. The molecule has 6 nitrogen and oxygen atoms in total. The molecule has 0 amide bonds. The minimum Gasteiger partial charge on any atom is -0.391 e. The van der Waals surface area contributed by atoms with Gasteiger partial charge in [0.2, 0.25) is 11.7 Å². The Labute approximate surface area is 129 Å². The number of hydrogen-bond donors (Lipinski definition) is 0. The maximum Gasteiger partial charge on any atom is 0.241 e. The van der Waals surface area contributed by atoms with Gasteiger partial charge >= 0.3 is 0 Å². The van der Waals surface area contributed by atoms with Crippen molar-refractivity contribution in [2.45, 2.75) is 32.4 Å². The summed E-state index contributed by atoms with van der Waals surface area (Å²) in [6, 6.07) is 9.82. The van der Waals surface area contributed by atoms with Crippen molar-refractivity contribution in [3.63, 3.8) is 0 Å². The Hall–Kier alpha value is -2.21. The fourth-order valence-corrected chi connectivity index (χ4v) is 2.46. The van der Waals surface area contributed by atoms with Gasteiger partial charge in [-0.2, -0.15) is 4.98 Å². The van der Waals surface area contributed by atoms with Gasteiger partial charge in [-0.25, -0.2) is 0 Å². The van der Waals surface area contributed by atoms with Gasteiger partial charge in [0.15, 0.2) is 0 Å². The molecule has 0 radical (unpaired) electrons. The third-order valence-electron chi connectivity index (χ3n) is 3.62. The van der Waals surface area contributed by atoms with E-state index in [0.29, 0.717) is 18.3 Å². The monoisotopic (exact) mass is 300 g/mol. The summed E-state index contributed by atoms with van der Waals surface area (Å²) in [6.45, 7) is 3.48. The van der Waals surface area contributed by atoms with Gasteiger partial charge in [0.25, 0.3) is 0 Å². The largest absolute Gasteiger partial charge is 0.391 e. The van der Waals surface area contributed by atoms with Crippen molar-refractivity contribution in [1.82, 2.24) is 15.0 Å². The lowest BCUT2D eigenvalue weighted by Gasteiger charge is -2.17. The van der Waals surface area contributed by atoms with Crippen LogP contribution in [0.15, 0.2) is 40.0 Å². The fourth-order valence-electron chi connectivity index (χ4n) is 2.46. The quantitative estimate of drug-likeness (QED) is 0.820. The van der Waals surface area contributed by atoms with Crippen LogP contribution in [0.1, 0.15) is 25.7 Å². The third-order valence-corrected chi connectivity index (χ3v) is 3.62. The number of nitrogens with zero attached hydrogens (tertiary/aromatic N) is 4. The highest BCUT2D eigenvalue weighted by Gasteiger charge is 2.22. The van der Waals surface area contributed by atoms with Gasteiger partial charge in [0, 0.05) is 18.5 Å². The molecule has 0 bridgehead atoms. The zero-order valence-electron chi connectivity index (χ0n) is 12.9. The van der Waals surface area contributed by atoms with Crippen molar-refractivity contribution in [1.29, 1.82) is 0 Å².